The zero-order valence-corrected chi connectivity index (χ0v) is 11.8. The topological polar surface area (TPSA) is 29.5 Å². The van der Waals surface area contributed by atoms with Crippen LogP contribution >= 0.6 is 0 Å². The summed E-state index contributed by atoms with van der Waals surface area (Å²) in [6, 6.07) is 10.8. The summed E-state index contributed by atoms with van der Waals surface area (Å²) in [7, 11) is 1.49. The Balaban J connectivity index is 2.06. The molecule has 0 amide bonds. The van der Waals surface area contributed by atoms with Crippen LogP contribution < -0.4 is 0 Å². The molecule has 0 aromatic heterocycles. The highest BCUT2D eigenvalue weighted by molar-refractivity contribution is 5.73. The van der Waals surface area contributed by atoms with Crippen molar-refractivity contribution in [2.45, 2.75) is 38.8 Å². The van der Waals surface area contributed by atoms with Gasteiger partial charge in [0.25, 0.3) is 0 Å². The third-order valence-corrected chi connectivity index (χ3v) is 4.05. The first-order chi connectivity index (χ1) is 9.26. The van der Waals surface area contributed by atoms with Crippen molar-refractivity contribution in [3.63, 3.8) is 0 Å². The SMILES string of the molecule is CC[C@@H](C(=O)OC)[C@H]1CCCN1Cc1ccccc1. The molecule has 1 heterocycles. The summed E-state index contributed by atoms with van der Waals surface area (Å²) >= 11 is 0. The first kappa shape index (κ1) is 14.1. The Hall–Kier alpha value is -1.35. The zero-order chi connectivity index (χ0) is 13.7. The predicted molar refractivity (Wildman–Crippen MR) is 75.7 cm³/mol. The number of rotatable bonds is 5. The molecule has 0 N–H and O–H groups in total. The summed E-state index contributed by atoms with van der Waals surface area (Å²) in [5, 5.41) is 0. The molecule has 1 saturated heterocycles. The molecule has 1 aromatic carbocycles. The molecule has 3 heteroatoms. The number of carbonyl (C=O) groups is 1. The van der Waals surface area contributed by atoms with Crippen molar-refractivity contribution in [1.29, 1.82) is 0 Å². The highest BCUT2D eigenvalue weighted by Crippen LogP contribution is 2.28. The van der Waals surface area contributed by atoms with Gasteiger partial charge < -0.3 is 4.74 Å². The number of nitrogens with zero attached hydrogens (tertiary/aromatic N) is 1. The summed E-state index contributed by atoms with van der Waals surface area (Å²) in [6.07, 6.45) is 3.12. The van der Waals surface area contributed by atoms with E-state index in [4.69, 9.17) is 4.74 Å². The Kier molecular flexibility index (Phi) is 4.97. The summed E-state index contributed by atoms with van der Waals surface area (Å²) in [5.74, 6) is -0.0522. The van der Waals surface area contributed by atoms with Gasteiger partial charge in [-0.05, 0) is 31.4 Å². The van der Waals surface area contributed by atoms with Crippen LogP contribution in [0.25, 0.3) is 0 Å². The number of esters is 1. The first-order valence-electron chi connectivity index (χ1n) is 7.12. The largest absolute Gasteiger partial charge is 0.469 e. The number of benzene rings is 1. The third kappa shape index (κ3) is 3.35. The van der Waals surface area contributed by atoms with Gasteiger partial charge in [-0.25, -0.2) is 0 Å². The number of ether oxygens (including phenoxy) is 1. The van der Waals surface area contributed by atoms with Crippen molar-refractivity contribution in [1.82, 2.24) is 4.90 Å². The number of hydrogen-bond donors (Lipinski definition) is 0. The summed E-state index contributed by atoms with van der Waals surface area (Å²) in [4.78, 5) is 14.3. The molecule has 0 radical (unpaired) electrons. The molecule has 1 aromatic rings. The molecule has 1 aliphatic heterocycles. The van der Waals surface area contributed by atoms with E-state index in [0.717, 1.165) is 25.9 Å². The van der Waals surface area contributed by atoms with E-state index in [-0.39, 0.29) is 11.9 Å². The molecule has 104 valence electrons. The van der Waals surface area contributed by atoms with E-state index in [2.05, 4.69) is 36.1 Å². The molecule has 2 rings (SSSR count). The zero-order valence-electron chi connectivity index (χ0n) is 11.8. The fourth-order valence-electron chi connectivity index (χ4n) is 3.07. The lowest BCUT2D eigenvalue weighted by Gasteiger charge is -2.29. The first-order valence-corrected chi connectivity index (χ1v) is 7.12. The molecule has 0 spiro atoms. The van der Waals surface area contributed by atoms with E-state index in [0.29, 0.717) is 6.04 Å². The fraction of sp³-hybridized carbons (Fsp3) is 0.562. The van der Waals surface area contributed by atoms with Gasteiger partial charge in [0, 0.05) is 12.6 Å². The molecular weight excluding hydrogens is 238 g/mol. The van der Waals surface area contributed by atoms with Crippen molar-refractivity contribution in [2.75, 3.05) is 13.7 Å². The van der Waals surface area contributed by atoms with Gasteiger partial charge in [0.1, 0.15) is 0 Å². The molecule has 0 unspecified atom stereocenters. The smallest absolute Gasteiger partial charge is 0.310 e. The minimum atomic E-state index is -0.0625. The number of methoxy groups -OCH3 is 1. The Morgan fingerprint density at radius 3 is 2.79 bits per heavy atom. The van der Waals surface area contributed by atoms with Gasteiger partial charge in [-0.2, -0.15) is 0 Å². The Bertz CT molecular complexity index is 404. The minimum Gasteiger partial charge on any atom is -0.469 e. The van der Waals surface area contributed by atoms with Gasteiger partial charge in [-0.15, -0.1) is 0 Å². The van der Waals surface area contributed by atoms with Crippen LogP contribution in [0.5, 0.6) is 0 Å². The lowest BCUT2D eigenvalue weighted by atomic mass is 9.94. The predicted octanol–water partition coefficient (Wildman–Crippen LogP) is 2.85. The minimum absolute atomic E-state index is 0.0104. The second kappa shape index (κ2) is 6.71. The second-order valence-electron chi connectivity index (χ2n) is 5.20. The van der Waals surface area contributed by atoms with Crippen LogP contribution in [0.3, 0.4) is 0 Å². The van der Waals surface area contributed by atoms with Gasteiger partial charge >= 0.3 is 5.97 Å². The van der Waals surface area contributed by atoms with E-state index < -0.39 is 0 Å². The Morgan fingerprint density at radius 1 is 1.42 bits per heavy atom. The van der Waals surface area contributed by atoms with Gasteiger partial charge in [0.05, 0.1) is 13.0 Å². The molecule has 0 bridgehead atoms. The molecule has 3 nitrogen and oxygen atoms in total. The van der Waals surface area contributed by atoms with Crippen LogP contribution in [0.1, 0.15) is 31.7 Å². The number of likely N-dealkylation sites (tertiary alicyclic amines) is 1. The third-order valence-electron chi connectivity index (χ3n) is 4.05. The maximum Gasteiger partial charge on any atom is 0.310 e. The quantitative estimate of drug-likeness (QED) is 0.763. The van der Waals surface area contributed by atoms with Crippen molar-refractivity contribution in [2.24, 2.45) is 5.92 Å². The van der Waals surface area contributed by atoms with E-state index in [1.807, 2.05) is 6.07 Å². The van der Waals surface area contributed by atoms with E-state index >= 15 is 0 Å². The standard InChI is InChI=1S/C16H23NO2/c1-3-14(16(18)19-2)15-10-7-11-17(15)12-13-8-5-4-6-9-13/h4-6,8-9,14-15H,3,7,10-12H2,1-2H3/t14-,15-/m1/s1. The number of carbonyl (C=O) groups excluding carboxylic acids is 1. The van der Waals surface area contributed by atoms with Gasteiger partial charge in [-0.3, -0.25) is 9.69 Å². The van der Waals surface area contributed by atoms with Crippen LogP contribution in [-0.2, 0) is 16.1 Å². The summed E-state index contributed by atoms with van der Waals surface area (Å²) in [6.45, 7) is 4.08. The van der Waals surface area contributed by atoms with Crippen molar-refractivity contribution >= 4 is 5.97 Å². The highest BCUT2D eigenvalue weighted by Gasteiger charge is 2.35. The van der Waals surface area contributed by atoms with Crippen LogP contribution in [0, 0.1) is 5.92 Å². The average molecular weight is 261 g/mol. The molecule has 1 aliphatic rings. The summed E-state index contributed by atoms with van der Waals surface area (Å²) in [5.41, 5.74) is 1.31. The van der Waals surface area contributed by atoms with Gasteiger partial charge in [0.15, 0.2) is 0 Å². The van der Waals surface area contributed by atoms with Gasteiger partial charge in [0.2, 0.25) is 0 Å². The normalized spacial score (nSPS) is 21.3. The van der Waals surface area contributed by atoms with Crippen LogP contribution in [-0.4, -0.2) is 30.6 Å². The lowest BCUT2D eigenvalue weighted by Crippen LogP contribution is -2.39. The van der Waals surface area contributed by atoms with E-state index in [9.17, 15) is 4.79 Å². The number of hydrogen-bond acceptors (Lipinski definition) is 3. The maximum absolute atomic E-state index is 11.9. The van der Waals surface area contributed by atoms with Crippen molar-refractivity contribution in [3.8, 4) is 0 Å². The highest BCUT2D eigenvalue weighted by atomic mass is 16.5. The average Bonchev–Trinajstić information content (AvgIpc) is 2.89. The molecule has 2 atom stereocenters. The molecule has 0 saturated carbocycles. The molecule has 0 aliphatic carbocycles. The monoisotopic (exact) mass is 261 g/mol. The molecular formula is C16H23NO2. The maximum atomic E-state index is 11.9. The summed E-state index contributed by atoms with van der Waals surface area (Å²) < 4.78 is 4.95. The molecule has 1 fully saturated rings. The molecule has 19 heavy (non-hydrogen) atoms. The van der Waals surface area contributed by atoms with E-state index in [1.54, 1.807) is 0 Å². The Morgan fingerprint density at radius 2 is 2.16 bits per heavy atom. The van der Waals surface area contributed by atoms with Crippen LogP contribution in [0.15, 0.2) is 30.3 Å². The van der Waals surface area contributed by atoms with Crippen molar-refractivity contribution < 1.29 is 9.53 Å². The second-order valence-corrected chi connectivity index (χ2v) is 5.20. The van der Waals surface area contributed by atoms with Gasteiger partial charge in [-0.1, -0.05) is 37.3 Å². The lowest BCUT2D eigenvalue weighted by molar-refractivity contribution is -0.147. The fourth-order valence-corrected chi connectivity index (χ4v) is 3.07. The van der Waals surface area contributed by atoms with Crippen LogP contribution in [0.2, 0.25) is 0 Å². The van der Waals surface area contributed by atoms with Crippen molar-refractivity contribution in [3.05, 3.63) is 35.9 Å². The van der Waals surface area contributed by atoms with E-state index in [1.165, 1.54) is 19.1 Å². The van der Waals surface area contributed by atoms with Crippen LogP contribution in [0.4, 0.5) is 0 Å². The Labute approximate surface area is 115 Å².